The lowest BCUT2D eigenvalue weighted by atomic mass is 9.91. The lowest BCUT2D eigenvalue weighted by molar-refractivity contribution is 0.0922. The maximum absolute atomic E-state index is 14.8. The second-order valence-electron chi connectivity index (χ2n) is 8.90. The molecule has 0 saturated carbocycles. The molecule has 0 aliphatic carbocycles. The van der Waals surface area contributed by atoms with Crippen LogP contribution in [0, 0.1) is 11.6 Å². The number of hydrogen-bond donors (Lipinski definition) is 1. The van der Waals surface area contributed by atoms with Gasteiger partial charge in [-0.25, -0.2) is 22.5 Å². The molecule has 0 saturated heterocycles. The molecule has 2 heterocycles. The molecule has 0 aliphatic heterocycles. The van der Waals surface area contributed by atoms with Gasteiger partial charge in [-0.1, -0.05) is 19.9 Å². The number of halogens is 4. The molecule has 0 aliphatic rings. The summed E-state index contributed by atoms with van der Waals surface area (Å²) in [6.07, 6.45) is 2.14. The maximum Gasteiger partial charge on any atom is 0.257 e. The topological polar surface area (TPSA) is 67.2 Å². The molecule has 0 atom stereocenters. The van der Waals surface area contributed by atoms with Crippen LogP contribution in [0.3, 0.4) is 0 Å². The smallest absolute Gasteiger partial charge is 0.257 e. The minimum atomic E-state index is -1.55. The van der Waals surface area contributed by atoms with Gasteiger partial charge < -0.3 is 10.2 Å². The first-order chi connectivity index (χ1) is 17.8. The minimum Gasteiger partial charge on any atom is -0.363 e. The molecular weight excluding hydrogens is 500 g/mol. The minimum absolute atomic E-state index is 0.00754. The van der Waals surface area contributed by atoms with E-state index in [1.54, 1.807) is 25.1 Å². The second-order valence-corrected chi connectivity index (χ2v) is 8.90. The molecule has 2 aromatic heterocycles. The van der Waals surface area contributed by atoms with E-state index in [4.69, 9.17) is 0 Å². The predicted octanol–water partition coefficient (Wildman–Crippen LogP) is 6.38. The van der Waals surface area contributed by atoms with Gasteiger partial charge in [0.1, 0.15) is 34.7 Å². The van der Waals surface area contributed by atoms with Gasteiger partial charge in [0.2, 0.25) is 5.43 Å². The number of nitrogens with one attached hydrogen (secondary N) is 1. The van der Waals surface area contributed by atoms with Crippen LogP contribution in [0.15, 0.2) is 64.6 Å². The Morgan fingerprint density at radius 3 is 2.26 bits per heavy atom. The first-order valence-electron chi connectivity index (χ1n) is 12.0. The molecule has 204 valence electrons. The van der Waals surface area contributed by atoms with Crippen LogP contribution < -0.4 is 15.6 Å². The summed E-state index contributed by atoms with van der Waals surface area (Å²) in [4.78, 5) is 32.7. The van der Waals surface area contributed by atoms with E-state index in [9.17, 15) is 27.2 Å². The van der Waals surface area contributed by atoms with Gasteiger partial charge in [-0.2, -0.15) is 0 Å². The van der Waals surface area contributed by atoms with Crippen molar-refractivity contribution in [3.05, 3.63) is 87.3 Å². The van der Waals surface area contributed by atoms with E-state index >= 15 is 0 Å². The molecular formula is C28H32F4N4O2. The summed E-state index contributed by atoms with van der Waals surface area (Å²) in [6, 6.07) is 5.84. The van der Waals surface area contributed by atoms with Crippen molar-refractivity contribution in [1.29, 1.82) is 0 Å². The number of benzene rings is 1. The zero-order valence-corrected chi connectivity index (χ0v) is 22.7. The van der Waals surface area contributed by atoms with Gasteiger partial charge in [-0.15, -0.1) is 0 Å². The van der Waals surface area contributed by atoms with Crippen molar-refractivity contribution in [3.8, 4) is 5.69 Å². The Bertz CT molecular complexity index is 1470. The molecule has 10 heteroatoms. The van der Waals surface area contributed by atoms with Crippen LogP contribution >= 0.6 is 0 Å². The number of pyridine rings is 2. The molecule has 38 heavy (non-hydrogen) atoms. The Morgan fingerprint density at radius 1 is 1.11 bits per heavy atom. The molecule has 3 aromatic rings. The number of rotatable bonds is 6. The quantitative estimate of drug-likeness (QED) is 0.296. The standard InChI is InChI=1S/C26H26F4N4O2.C2H6/c1-7-18(29)22(14(2)27)26(3,4)32-25(36)17-13-34(20-10-8-15(28)12-19(20)30)24-16(23(17)35)9-11-21(31-24)33(5)6;1-2/h7-13H,1-6H3,(H,32,36);1-2H3/b18-7+,22-14-;. The largest absolute Gasteiger partial charge is 0.363 e. The molecule has 0 radical (unpaired) electrons. The van der Waals surface area contributed by atoms with Gasteiger partial charge in [0.05, 0.1) is 16.6 Å². The van der Waals surface area contributed by atoms with Crippen molar-refractivity contribution < 1.29 is 22.4 Å². The molecule has 0 fully saturated rings. The third kappa shape index (κ3) is 6.12. The summed E-state index contributed by atoms with van der Waals surface area (Å²) < 4.78 is 58.1. The fourth-order valence-electron chi connectivity index (χ4n) is 3.92. The number of hydrogen-bond acceptors (Lipinski definition) is 4. The summed E-state index contributed by atoms with van der Waals surface area (Å²) >= 11 is 0. The summed E-state index contributed by atoms with van der Waals surface area (Å²) in [5.74, 6) is -3.97. The average Bonchev–Trinajstić information content (AvgIpc) is 2.84. The van der Waals surface area contributed by atoms with Crippen molar-refractivity contribution in [1.82, 2.24) is 14.9 Å². The first kappa shape index (κ1) is 30.3. The maximum atomic E-state index is 14.8. The van der Waals surface area contributed by atoms with Crippen LogP contribution in [0.1, 0.15) is 51.9 Å². The molecule has 0 unspecified atom stereocenters. The van der Waals surface area contributed by atoms with Crippen molar-refractivity contribution in [2.75, 3.05) is 19.0 Å². The van der Waals surface area contributed by atoms with Crippen molar-refractivity contribution >= 4 is 22.8 Å². The van der Waals surface area contributed by atoms with Gasteiger partial charge >= 0.3 is 0 Å². The van der Waals surface area contributed by atoms with Crippen molar-refractivity contribution in [2.45, 2.75) is 47.1 Å². The third-order valence-corrected chi connectivity index (χ3v) is 5.60. The van der Waals surface area contributed by atoms with Crippen molar-refractivity contribution in [3.63, 3.8) is 0 Å². The molecule has 1 aromatic carbocycles. The van der Waals surface area contributed by atoms with E-state index in [1.807, 2.05) is 13.8 Å². The monoisotopic (exact) mass is 532 g/mol. The number of nitrogens with zero attached hydrogens (tertiary/aromatic N) is 3. The van der Waals surface area contributed by atoms with E-state index in [1.165, 1.54) is 31.4 Å². The normalized spacial score (nSPS) is 12.5. The van der Waals surface area contributed by atoms with Crippen LogP contribution in [0.2, 0.25) is 0 Å². The molecule has 0 spiro atoms. The van der Waals surface area contributed by atoms with Gasteiger partial charge in [0.15, 0.2) is 5.65 Å². The number of amides is 1. The zero-order chi connectivity index (χ0) is 28.9. The average molecular weight is 533 g/mol. The van der Waals surface area contributed by atoms with Gasteiger partial charge in [0, 0.05) is 31.9 Å². The molecule has 3 rings (SSSR count). The second kappa shape index (κ2) is 12.1. The van der Waals surface area contributed by atoms with Gasteiger partial charge in [0.25, 0.3) is 5.91 Å². The first-order valence-corrected chi connectivity index (χ1v) is 12.0. The SMILES string of the molecule is C/C=C(F)\C(=C(/C)F)C(C)(C)NC(=O)c1cn(-c2ccc(F)cc2F)c2nc(N(C)C)ccc2c1=O.CC. The Morgan fingerprint density at radius 2 is 1.74 bits per heavy atom. The van der Waals surface area contributed by atoms with E-state index in [-0.39, 0.29) is 22.3 Å². The summed E-state index contributed by atoms with van der Waals surface area (Å²) in [6.45, 7) is 9.21. The lowest BCUT2D eigenvalue weighted by Gasteiger charge is -2.29. The third-order valence-electron chi connectivity index (χ3n) is 5.60. The van der Waals surface area contributed by atoms with E-state index in [0.29, 0.717) is 11.9 Å². The fraction of sp³-hybridized carbons (Fsp3) is 0.321. The number of carbonyl (C=O) groups excluding carboxylic acids is 1. The Kier molecular flexibility index (Phi) is 9.61. The van der Waals surface area contributed by atoms with Gasteiger partial charge in [-0.05, 0) is 52.0 Å². The molecule has 1 N–H and O–H groups in total. The van der Waals surface area contributed by atoms with E-state index in [2.05, 4.69) is 10.3 Å². The Labute approximate surface area is 219 Å². The highest BCUT2D eigenvalue weighted by atomic mass is 19.1. The molecule has 6 nitrogen and oxygen atoms in total. The summed E-state index contributed by atoms with van der Waals surface area (Å²) in [5.41, 5.74) is -3.20. The highest BCUT2D eigenvalue weighted by molar-refractivity contribution is 5.98. The molecule has 0 bridgehead atoms. The van der Waals surface area contributed by atoms with Crippen LogP contribution in [-0.2, 0) is 0 Å². The van der Waals surface area contributed by atoms with E-state index < -0.39 is 45.7 Å². The number of allylic oxidation sites excluding steroid dienone is 2. The van der Waals surface area contributed by atoms with E-state index in [0.717, 1.165) is 31.3 Å². The van der Waals surface area contributed by atoms with Crippen LogP contribution in [0.25, 0.3) is 16.7 Å². The molecule has 1 amide bonds. The highest BCUT2D eigenvalue weighted by Gasteiger charge is 2.32. The summed E-state index contributed by atoms with van der Waals surface area (Å²) in [7, 11) is 3.45. The number of fused-ring (bicyclic) bond motifs is 1. The van der Waals surface area contributed by atoms with Crippen LogP contribution in [0.4, 0.5) is 23.4 Å². The predicted molar refractivity (Wildman–Crippen MR) is 143 cm³/mol. The number of carbonyl (C=O) groups is 1. The Hall–Kier alpha value is -3.95. The number of aromatic nitrogens is 2. The highest BCUT2D eigenvalue weighted by Crippen LogP contribution is 2.29. The zero-order valence-electron chi connectivity index (χ0n) is 22.7. The Balaban J connectivity index is 0.00000247. The van der Waals surface area contributed by atoms with Crippen LogP contribution in [0.5, 0.6) is 0 Å². The number of anilines is 1. The summed E-state index contributed by atoms with van der Waals surface area (Å²) in [5, 5.41) is 2.49. The lowest BCUT2D eigenvalue weighted by Crippen LogP contribution is -2.47. The van der Waals surface area contributed by atoms with Crippen molar-refractivity contribution in [2.24, 2.45) is 0 Å². The fourth-order valence-corrected chi connectivity index (χ4v) is 3.92. The van der Waals surface area contributed by atoms with Gasteiger partial charge in [-0.3, -0.25) is 14.2 Å². The van der Waals surface area contributed by atoms with Crippen LogP contribution in [-0.4, -0.2) is 35.1 Å².